The lowest BCUT2D eigenvalue weighted by atomic mass is 9.85. The van der Waals surface area contributed by atoms with Crippen molar-refractivity contribution in [2.24, 2.45) is 11.7 Å². The van der Waals surface area contributed by atoms with E-state index in [9.17, 15) is 18.0 Å². The van der Waals surface area contributed by atoms with E-state index in [-0.39, 0.29) is 23.9 Å². The van der Waals surface area contributed by atoms with Crippen molar-refractivity contribution in [2.75, 3.05) is 19.6 Å². The zero-order valence-corrected chi connectivity index (χ0v) is 12.2. The Morgan fingerprint density at radius 1 is 1.19 bits per heavy atom. The van der Waals surface area contributed by atoms with Crippen LogP contribution >= 0.6 is 0 Å². The third-order valence-corrected chi connectivity index (χ3v) is 4.42. The summed E-state index contributed by atoms with van der Waals surface area (Å²) in [4.78, 5) is 13.6. The number of carbonyl (C=O) groups excluding carboxylic acids is 1. The topological polar surface area (TPSA) is 58.4 Å². The van der Waals surface area contributed by atoms with Gasteiger partial charge in [0.1, 0.15) is 0 Å². The van der Waals surface area contributed by atoms with E-state index in [0.717, 1.165) is 25.7 Å². The molecule has 0 radical (unpaired) electrons. The van der Waals surface area contributed by atoms with Crippen LogP contribution in [0.5, 0.6) is 0 Å². The van der Waals surface area contributed by atoms with E-state index in [1.165, 1.54) is 4.90 Å². The fourth-order valence-corrected chi connectivity index (χ4v) is 3.27. The molecule has 0 aromatic carbocycles. The van der Waals surface area contributed by atoms with E-state index in [1.54, 1.807) is 0 Å². The Labute approximate surface area is 123 Å². The Hall–Kier alpha value is -0.820. The fraction of sp³-hybridized carbons (Fsp3) is 0.929. The molecule has 2 rings (SSSR count). The number of hydrogen-bond donors (Lipinski definition) is 2. The lowest BCUT2D eigenvalue weighted by Crippen LogP contribution is -2.49. The molecular weight excluding hydrogens is 283 g/mol. The van der Waals surface area contributed by atoms with Gasteiger partial charge in [0, 0.05) is 31.1 Å². The predicted octanol–water partition coefficient (Wildman–Crippen LogP) is 1.65. The summed E-state index contributed by atoms with van der Waals surface area (Å²) in [5.41, 5.74) is 5.88. The molecule has 0 spiro atoms. The summed E-state index contributed by atoms with van der Waals surface area (Å²) in [5, 5.41) is 2.99. The minimum Gasteiger partial charge on any atom is -0.353 e. The molecule has 2 fully saturated rings. The largest absolute Gasteiger partial charge is 0.401 e. The molecular formula is C14H24F3N3O. The van der Waals surface area contributed by atoms with Gasteiger partial charge >= 0.3 is 6.18 Å². The highest BCUT2D eigenvalue weighted by atomic mass is 19.4. The number of alkyl halides is 3. The Balaban J connectivity index is 1.72. The van der Waals surface area contributed by atoms with Gasteiger partial charge in [-0.25, -0.2) is 0 Å². The number of nitrogens with two attached hydrogens (primary N) is 1. The minimum atomic E-state index is -4.14. The minimum absolute atomic E-state index is 0.000125. The first-order chi connectivity index (χ1) is 9.83. The number of rotatable bonds is 3. The average Bonchev–Trinajstić information content (AvgIpc) is 2.39. The SMILES string of the molecule is NC1CCCC(C(=O)NC2CCN(CC(F)(F)F)CC2)C1. The second-order valence-corrected chi connectivity index (χ2v) is 6.30. The average molecular weight is 307 g/mol. The number of halogens is 3. The number of amides is 1. The molecule has 2 unspecified atom stereocenters. The van der Waals surface area contributed by atoms with Crippen LogP contribution in [-0.2, 0) is 4.79 Å². The van der Waals surface area contributed by atoms with Crippen molar-refractivity contribution in [1.82, 2.24) is 10.2 Å². The molecule has 4 nitrogen and oxygen atoms in total. The molecule has 3 N–H and O–H groups in total. The Morgan fingerprint density at radius 2 is 1.86 bits per heavy atom. The molecule has 0 aromatic heterocycles. The summed E-state index contributed by atoms with van der Waals surface area (Å²) >= 11 is 0. The third-order valence-electron chi connectivity index (χ3n) is 4.42. The summed E-state index contributed by atoms with van der Waals surface area (Å²) in [6.07, 6.45) is 0.559. The molecule has 2 aliphatic rings. The van der Waals surface area contributed by atoms with E-state index in [1.807, 2.05) is 0 Å². The summed E-state index contributed by atoms with van der Waals surface area (Å²) in [6, 6.07) is 0.100. The van der Waals surface area contributed by atoms with Crippen molar-refractivity contribution in [1.29, 1.82) is 0 Å². The second kappa shape index (κ2) is 6.96. The van der Waals surface area contributed by atoms with Crippen LogP contribution in [0.2, 0.25) is 0 Å². The van der Waals surface area contributed by atoms with Crippen molar-refractivity contribution in [3.05, 3.63) is 0 Å². The van der Waals surface area contributed by atoms with Gasteiger partial charge < -0.3 is 11.1 Å². The first-order valence-corrected chi connectivity index (χ1v) is 7.68. The second-order valence-electron chi connectivity index (χ2n) is 6.30. The van der Waals surface area contributed by atoms with Crippen molar-refractivity contribution in [2.45, 2.75) is 56.8 Å². The van der Waals surface area contributed by atoms with Gasteiger partial charge in [-0.1, -0.05) is 6.42 Å². The maximum atomic E-state index is 12.3. The van der Waals surface area contributed by atoms with Gasteiger partial charge in [0.25, 0.3) is 0 Å². The van der Waals surface area contributed by atoms with Crippen molar-refractivity contribution in [3.8, 4) is 0 Å². The van der Waals surface area contributed by atoms with Crippen molar-refractivity contribution in [3.63, 3.8) is 0 Å². The van der Waals surface area contributed by atoms with E-state index >= 15 is 0 Å². The van der Waals surface area contributed by atoms with Crippen LogP contribution in [0.3, 0.4) is 0 Å². The maximum absolute atomic E-state index is 12.3. The van der Waals surface area contributed by atoms with Gasteiger partial charge in [0.15, 0.2) is 0 Å². The molecule has 7 heteroatoms. The highest BCUT2D eigenvalue weighted by Crippen LogP contribution is 2.24. The zero-order valence-electron chi connectivity index (χ0n) is 12.2. The van der Waals surface area contributed by atoms with E-state index < -0.39 is 12.7 Å². The fourth-order valence-electron chi connectivity index (χ4n) is 3.27. The van der Waals surface area contributed by atoms with Crippen LogP contribution in [-0.4, -0.2) is 48.7 Å². The third kappa shape index (κ3) is 5.47. The molecule has 1 heterocycles. The van der Waals surface area contributed by atoms with Crippen LogP contribution < -0.4 is 11.1 Å². The van der Waals surface area contributed by atoms with Gasteiger partial charge in [-0.15, -0.1) is 0 Å². The lowest BCUT2D eigenvalue weighted by Gasteiger charge is -2.34. The van der Waals surface area contributed by atoms with Crippen LogP contribution in [0.1, 0.15) is 38.5 Å². The van der Waals surface area contributed by atoms with Gasteiger partial charge in [0.2, 0.25) is 5.91 Å². The summed E-state index contributed by atoms with van der Waals surface area (Å²) in [7, 11) is 0. The quantitative estimate of drug-likeness (QED) is 0.833. The molecule has 1 aliphatic heterocycles. The molecule has 1 saturated heterocycles. The lowest BCUT2D eigenvalue weighted by molar-refractivity contribution is -0.148. The number of nitrogens with zero attached hydrogens (tertiary/aromatic N) is 1. The van der Waals surface area contributed by atoms with Crippen molar-refractivity contribution >= 4 is 5.91 Å². The van der Waals surface area contributed by atoms with E-state index in [0.29, 0.717) is 25.9 Å². The van der Waals surface area contributed by atoms with E-state index in [2.05, 4.69) is 5.32 Å². The number of piperidine rings is 1. The van der Waals surface area contributed by atoms with Crippen LogP contribution in [0.25, 0.3) is 0 Å². The maximum Gasteiger partial charge on any atom is 0.401 e. The van der Waals surface area contributed by atoms with Crippen molar-refractivity contribution < 1.29 is 18.0 Å². The Morgan fingerprint density at radius 3 is 2.43 bits per heavy atom. The normalized spacial score (nSPS) is 29.3. The molecule has 1 amide bonds. The summed E-state index contributed by atoms with van der Waals surface area (Å²) < 4.78 is 36.9. The number of nitrogens with one attached hydrogen (secondary N) is 1. The van der Waals surface area contributed by atoms with Crippen LogP contribution in [0.15, 0.2) is 0 Å². The predicted molar refractivity (Wildman–Crippen MR) is 73.6 cm³/mol. The number of hydrogen-bond acceptors (Lipinski definition) is 3. The molecule has 0 bridgehead atoms. The van der Waals surface area contributed by atoms with Gasteiger partial charge in [-0.2, -0.15) is 13.2 Å². The zero-order chi connectivity index (χ0) is 15.5. The Kier molecular flexibility index (Phi) is 5.48. The van der Waals surface area contributed by atoms with E-state index in [4.69, 9.17) is 5.73 Å². The van der Waals surface area contributed by atoms with Gasteiger partial charge in [-0.05, 0) is 32.1 Å². The number of likely N-dealkylation sites (tertiary alicyclic amines) is 1. The number of carbonyl (C=O) groups is 1. The van der Waals surface area contributed by atoms with Crippen LogP contribution in [0, 0.1) is 5.92 Å². The molecule has 0 aromatic rings. The first-order valence-electron chi connectivity index (χ1n) is 7.68. The van der Waals surface area contributed by atoms with Gasteiger partial charge in [0.05, 0.1) is 6.54 Å². The highest BCUT2D eigenvalue weighted by Gasteiger charge is 2.33. The smallest absolute Gasteiger partial charge is 0.353 e. The van der Waals surface area contributed by atoms with Crippen LogP contribution in [0.4, 0.5) is 13.2 Å². The monoisotopic (exact) mass is 307 g/mol. The standard InChI is InChI=1S/C14H24F3N3O/c15-14(16,17)9-20-6-4-12(5-7-20)19-13(21)10-2-1-3-11(18)8-10/h10-12H,1-9,18H2,(H,19,21). The molecule has 122 valence electrons. The molecule has 1 saturated carbocycles. The molecule has 21 heavy (non-hydrogen) atoms. The van der Waals surface area contributed by atoms with Gasteiger partial charge in [-0.3, -0.25) is 9.69 Å². The first kappa shape index (κ1) is 16.5. The Bertz CT molecular complexity index is 354. The summed E-state index contributed by atoms with van der Waals surface area (Å²) in [5.74, 6) is 0.00127. The molecule has 1 aliphatic carbocycles. The molecule has 2 atom stereocenters. The summed E-state index contributed by atoms with van der Waals surface area (Å²) in [6.45, 7) is -0.0889. The highest BCUT2D eigenvalue weighted by molar-refractivity contribution is 5.79.